The van der Waals surface area contributed by atoms with Crippen molar-refractivity contribution in [3.8, 4) is 22.5 Å². The average molecular weight is 448 g/mol. The van der Waals surface area contributed by atoms with Crippen LogP contribution in [0.5, 0.6) is 0 Å². The third-order valence-corrected chi connectivity index (χ3v) is 7.20. The number of piperidine rings is 1. The maximum atomic E-state index is 14.2. The van der Waals surface area contributed by atoms with Crippen LogP contribution in [0.15, 0.2) is 59.4 Å². The number of nitrogens with zero attached hydrogens (tertiary/aromatic N) is 3. The number of halogens is 1. The van der Waals surface area contributed by atoms with E-state index in [2.05, 4.69) is 4.90 Å². The lowest BCUT2D eigenvalue weighted by atomic mass is 10.0. The number of rotatable bonds is 5. The number of hydrogen-bond acceptors (Lipinski definition) is 4. The Morgan fingerprint density at radius 1 is 0.969 bits per heavy atom. The summed E-state index contributed by atoms with van der Waals surface area (Å²) in [6.07, 6.45) is 3.74. The summed E-state index contributed by atoms with van der Waals surface area (Å²) >= 11 is 1.51. The van der Waals surface area contributed by atoms with E-state index in [9.17, 15) is 9.18 Å². The van der Waals surface area contributed by atoms with Gasteiger partial charge in [-0.15, -0.1) is 11.3 Å². The van der Waals surface area contributed by atoms with Crippen LogP contribution in [0, 0.1) is 12.7 Å². The van der Waals surface area contributed by atoms with E-state index >= 15 is 0 Å². The Morgan fingerprint density at radius 2 is 1.69 bits per heavy atom. The molecule has 1 aliphatic rings. The summed E-state index contributed by atoms with van der Waals surface area (Å²) in [5.74, 6) is 0.435. The van der Waals surface area contributed by atoms with Crippen molar-refractivity contribution in [1.29, 1.82) is 0 Å². The molecule has 1 aliphatic heterocycles. The largest absolute Gasteiger partial charge is 0.302 e. The van der Waals surface area contributed by atoms with Gasteiger partial charge in [-0.25, -0.2) is 9.37 Å². The molecule has 0 aliphatic carbocycles. The maximum absolute atomic E-state index is 14.2. The van der Waals surface area contributed by atoms with Crippen LogP contribution < -0.4 is 5.56 Å². The SMILES string of the molecule is Cc1cc2nc(-c3ccc(-c4ccccc4F)cc3)n(CCN3CCCCC3)c(=O)c2s1. The molecule has 2 aromatic carbocycles. The third kappa shape index (κ3) is 4.12. The van der Waals surface area contributed by atoms with Crippen molar-refractivity contribution in [1.82, 2.24) is 14.5 Å². The van der Waals surface area contributed by atoms with Crippen LogP contribution in [0.3, 0.4) is 0 Å². The van der Waals surface area contributed by atoms with Gasteiger partial charge in [0.25, 0.3) is 5.56 Å². The molecular weight excluding hydrogens is 421 g/mol. The van der Waals surface area contributed by atoms with Crippen molar-refractivity contribution in [3.05, 3.63) is 75.6 Å². The molecule has 4 aromatic rings. The predicted octanol–water partition coefficient (Wildman–Crippen LogP) is 5.73. The summed E-state index contributed by atoms with van der Waals surface area (Å²) < 4.78 is 16.7. The molecule has 0 spiro atoms. The molecule has 0 saturated carbocycles. The first-order chi connectivity index (χ1) is 15.6. The van der Waals surface area contributed by atoms with Crippen LogP contribution in [0.25, 0.3) is 32.7 Å². The summed E-state index contributed by atoms with van der Waals surface area (Å²) in [7, 11) is 0. The van der Waals surface area contributed by atoms with Crippen LogP contribution >= 0.6 is 11.3 Å². The highest BCUT2D eigenvalue weighted by Gasteiger charge is 2.17. The van der Waals surface area contributed by atoms with Gasteiger partial charge in [-0.2, -0.15) is 0 Å². The summed E-state index contributed by atoms with van der Waals surface area (Å²) in [6, 6.07) is 16.4. The number of aryl methyl sites for hydroxylation is 1. The van der Waals surface area contributed by atoms with E-state index in [4.69, 9.17) is 4.98 Å². The molecule has 0 atom stereocenters. The van der Waals surface area contributed by atoms with Crippen LogP contribution in [0.2, 0.25) is 0 Å². The van der Waals surface area contributed by atoms with Crippen molar-refractivity contribution >= 4 is 21.6 Å². The number of aromatic nitrogens is 2. The minimum atomic E-state index is -0.244. The monoisotopic (exact) mass is 447 g/mol. The van der Waals surface area contributed by atoms with E-state index in [1.165, 1.54) is 36.7 Å². The second-order valence-corrected chi connectivity index (χ2v) is 9.68. The lowest BCUT2D eigenvalue weighted by Gasteiger charge is -2.27. The molecule has 0 bridgehead atoms. The van der Waals surface area contributed by atoms with Crippen molar-refractivity contribution < 1.29 is 4.39 Å². The van der Waals surface area contributed by atoms with Crippen molar-refractivity contribution in [2.45, 2.75) is 32.7 Å². The molecule has 0 unspecified atom stereocenters. The maximum Gasteiger partial charge on any atom is 0.271 e. The standard InChI is InChI=1S/C26H26FN3OS/c1-18-17-23-24(32-18)26(31)30(16-15-29-13-5-2-6-14-29)25(28-23)20-11-9-19(10-12-20)21-7-3-4-8-22(21)27/h3-4,7-12,17H,2,5-6,13-16H2,1H3. The van der Waals surface area contributed by atoms with Gasteiger partial charge in [-0.3, -0.25) is 9.36 Å². The lowest BCUT2D eigenvalue weighted by Crippen LogP contribution is -2.35. The van der Waals surface area contributed by atoms with Gasteiger partial charge in [0.15, 0.2) is 0 Å². The van der Waals surface area contributed by atoms with E-state index in [1.54, 1.807) is 12.1 Å². The Kier molecular flexibility index (Phi) is 5.89. The molecule has 0 radical (unpaired) electrons. The molecule has 4 nitrogen and oxygen atoms in total. The van der Waals surface area contributed by atoms with Crippen molar-refractivity contribution in [2.24, 2.45) is 0 Å². The molecule has 164 valence electrons. The molecular formula is C26H26FN3OS. The van der Waals surface area contributed by atoms with Crippen molar-refractivity contribution in [3.63, 3.8) is 0 Å². The second kappa shape index (κ2) is 8.96. The fraction of sp³-hybridized carbons (Fsp3) is 0.308. The number of benzene rings is 2. The third-order valence-electron chi connectivity index (χ3n) is 6.17. The van der Waals surface area contributed by atoms with Gasteiger partial charge in [0, 0.05) is 29.1 Å². The predicted molar refractivity (Wildman–Crippen MR) is 130 cm³/mol. The van der Waals surface area contributed by atoms with E-state index in [1.807, 2.05) is 47.9 Å². The summed E-state index contributed by atoms with van der Waals surface area (Å²) in [5.41, 5.74) is 3.02. The van der Waals surface area contributed by atoms with E-state index in [-0.39, 0.29) is 11.4 Å². The molecule has 0 amide bonds. The lowest BCUT2D eigenvalue weighted by molar-refractivity contribution is 0.220. The highest BCUT2D eigenvalue weighted by molar-refractivity contribution is 7.18. The molecule has 2 aromatic heterocycles. The number of hydrogen-bond donors (Lipinski definition) is 0. The van der Waals surface area contributed by atoms with Gasteiger partial charge in [-0.05, 0) is 50.6 Å². The highest BCUT2D eigenvalue weighted by Crippen LogP contribution is 2.28. The fourth-order valence-corrected chi connectivity index (χ4v) is 5.38. The zero-order valence-electron chi connectivity index (χ0n) is 18.2. The van der Waals surface area contributed by atoms with Gasteiger partial charge in [-0.1, -0.05) is 48.9 Å². The Morgan fingerprint density at radius 3 is 2.44 bits per heavy atom. The number of likely N-dealkylation sites (tertiary alicyclic amines) is 1. The molecule has 32 heavy (non-hydrogen) atoms. The van der Waals surface area contributed by atoms with Gasteiger partial charge < -0.3 is 4.90 Å². The fourth-order valence-electron chi connectivity index (χ4n) is 4.48. The van der Waals surface area contributed by atoms with Gasteiger partial charge in [0.2, 0.25) is 0 Å². The Bertz CT molecular complexity index is 1300. The first-order valence-corrected chi connectivity index (χ1v) is 12.0. The zero-order chi connectivity index (χ0) is 22.1. The Balaban J connectivity index is 1.54. The van der Waals surface area contributed by atoms with Crippen molar-refractivity contribution in [2.75, 3.05) is 19.6 Å². The molecule has 1 saturated heterocycles. The molecule has 1 fully saturated rings. The topological polar surface area (TPSA) is 38.1 Å². The minimum absolute atomic E-state index is 0.0262. The van der Waals surface area contributed by atoms with E-state index < -0.39 is 0 Å². The normalized spacial score (nSPS) is 14.8. The highest BCUT2D eigenvalue weighted by atomic mass is 32.1. The Hall–Kier alpha value is -2.83. The minimum Gasteiger partial charge on any atom is -0.302 e. The quantitative estimate of drug-likeness (QED) is 0.392. The van der Waals surface area contributed by atoms with Crippen LogP contribution in [0.4, 0.5) is 4.39 Å². The first-order valence-electron chi connectivity index (χ1n) is 11.2. The first kappa shape index (κ1) is 21.0. The van der Waals surface area contributed by atoms with Crippen LogP contribution in [-0.4, -0.2) is 34.1 Å². The van der Waals surface area contributed by atoms with E-state index in [0.717, 1.165) is 41.2 Å². The summed E-state index contributed by atoms with van der Waals surface area (Å²) in [6.45, 7) is 5.65. The van der Waals surface area contributed by atoms with E-state index in [0.29, 0.717) is 22.6 Å². The van der Waals surface area contributed by atoms with Gasteiger partial charge in [0.1, 0.15) is 16.3 Å². The average Bonchev–Trinajstić information content (AvgIpc) is 3.20. The molecule has 3 heterocycles. The second-order valence-electron chi connectivity index (χ2n) is 8.42. The molecule has 6 heteroatoms. The summed E-state index contributed by atoms with van der Waals surface area (Å²) in [5, 5.41) is 0. The number of thiophene rings is 1. The van der Waals surface area contributed by atoms with Gasteiger partial charge in [0.05, 0.1) is 5.52 Å². The van der Waals surface area contributed by atoms with Gasteiger partial charge >= 0.3 is 0 Å². The van der Waals surface area contributed by atoms with Crippen LogP contribution in [-0.2, 0) is 6.54 Å². The summed E-state index contributed by atoms with van der Waals surface area (Å²) in [4.78, 5) is 21.8. The Labute approximate surface area is 191 Å². The smallest absolute Gasteiger partial charge is 0.271 e. The molecule has 5 rings (SSSR count). The molecule has 0 N–H and O–H groups in total. The van der Waals surface area contributed by atoms with Crippen LogP contribution in [0.1, 0.15) is 24.1 Å². The number of fused-ring (bicyclic) bond motifs is 1. The zero-order valence-corrected chi connectivity index (χ0v) is 19.0.